The molecule has 1 aromatic carbocycles. The first-order chi connectivity index (χ1) is 12.7. The van der Waals surface area contributed by atoms with Gasteiger partial charge in [0, 0.05) is 49.7 Å². The minimum atomic E-state index is -0.116. The second-order valence-corrected chi connectivity index (χ2v) is 6.93. The molecule has 4 rings (SSSR count). The van der Waals surface area contributed by atoms with Crippen LogP contribution in [0.5, 0.6) is 0 Å². The van der Waals surface area contributed by atoms with Crippen LogP contribution in [0, 0.1) is 5.92 Å². The van der Waals surface area contributed by atoms with Crippen molar-refractivity contribution in [3.63, 3.8) is 0 Å². The van der Waals surface area contributed by atoms with Crippen molar-refractivity contribution in [2.24, 2.45) is 5.92 Å². The summed E-state index contributed by atoms with van der Waals surface area (Å²) in [4.78, 5) is 28.9. The lowest BCUT2D eigenvalue weighted by Crippen LogP contribution is -2.51. The summed E-state index contributed by atoms with van der Waals surface area (Å²) >= 11 is 0. The van der Waals surface area contributed by atoms with Crippen LogP contribution >= 0.6 is 0 Å². The second kappa shape index (κ2) is 7.11. The fraction of sp³-hybridized carbons (Fsp3) is 0.500. The molecule has 1 saturated carbocycles. The van der Waals surface area contributed by atoms with Gasteiger partial charge < -0.3 is 19.0 Å². The first-order valence-electron chi connectivity index (χ1n) is 9.35. The van der Waals surface area contributed by atoms with Gasteiger partial charge in [-0.2, -0.15) is 0 Å². The van der Waals surface area contributed by atoms with Crippen LogP contribution in [0.3, 0.4) is 0 Å². The van der Waals surface area contributed by atoms with E-state index >= 15 is 0 Å². The largest absolute Gasteiger partial charge is 0.451 e. The zero-order chi connectivity index (χ0) is 18.1. The van der Waals surface area contributed by atoms with E-state index in [-0.39, 0.29) is 17.7 Å². The van der Waals surface area contributed by atoms with Crippen molar-refractivity contribution in [2.45, 2.75) is 26.4 Å². The Morgan fingerprint density at radius 3 is 2.50 bits per heavy atom. The van der Waals surface area contributed by atoms with E-state index in [9.17, 15) is 9.59 Å². The highest BCUT2D eigenvalue weighted by Crippen LogP contribution is 2.32. The lowest BCUT2D eigenvalue weighted by Gasteiger charge is -2.34. The summed E-state index contributed by atoms with van der Waals surface area (Å²) < 4.78 is 11.4. The van der Waals surface area contributed by atoms with E-state index in [1.54, 1.807) is 4.90 Å². The molecule has 0 N–H and O–H groups in total. The van der Waals surface area contributed by atoms with Crippen LogP contribution in [0.1, 0.15) is 35.9 Å². The van der Waals surface area contributed by atoms with Gasteiger partial charge in [-0.3, -0.25) is 9.59 Å². The van der Waals surface area contributed by atoms with Gasteiger partial charge in [-0.05, 0) is 25.8 Å². The molecule has 1 aromatic heterocycles. The number of ether oxygens (including phenoxy) is 1. The average molecular weight is 356 g/mol. The summed E-state index contributed by atoms with van der Waals surface area (Å²) in [6, 6.07) is 7.65. The number of amides is 2. The number of hydrogen-bond donors (Lipinski definition) is 0. The maximum Gasteiger partial charge on any atom is 0.290 e. The molecule has 1 aliphatic heterocycles. The van der Waals surface area contributed by atoms with E-state index in [0.29, 0.717) is 50.7 Å². The summed E-state index contributed by atoms with van der Waals surface area (Å²) in [6.07, 6.45) is 2.02. The third-order valence-electron chi connectivity index (χ3n) is 5.15. The molecule has 0 spiro atoms. The predicted molar refractivity (Wildman–Crippen MR) is 96.8 cm³/mol. The molecule has 1 saturated heterocycles. The zero-order valence-corrected chi connectivity index (χ0v) is 15.1. The van der Waals surface area contributed by atoms with E-state index in [2.05, 4.69) is 0 Å². The highest BCUT2D eigenvalue weighted by Gasteiger charge is 2.36. The molecule has 0 unspecified atom stereocenters. The van der Waals surface area contributed by atoms with Gasteiger partial charge in [-0.15, -0.1) is 0 Å². The first-order valence-corrected chi connectivity index (χ1v) is 9.35. The number of piperazine rings is 1. The van der Waals surface area contributed by atoms with Gasteiger partial charge in [0.2, 0.25) is 5.91 Å². The quantitative estimate of drug-likeness (QED) is 0.826. The maximum absolute atomic E-state index is 13.0. The van der Waals surface area contributed by atoms with Gasteiger partial charge in [0.25, 0.3) is 5.91 Å². The highest BCUT2D eigenvalue weighted by atomic mass is 16.5. The monoisotopic (exact) mass is 356 g/mol. The van der Waals surface area contributed by atoms with Crippen molar-refractivity contribution in [1.82, 2.24) is 9.80 Å². The van der Waals surface area contributed by atoms with Crippen LogP contribution in [0.4, 0.5) is 0 Å². The van der Waals surface area contributed by atoms with Gasteiger partial charge in [-0.1, -0.05) is 18.2 Å². The number of hydrogen-bond acceptors (Lipinski definition) is 4. The molecule has 26 heavy (non-hydrogen) atoms. The molecular formula is C20H24N2O4. The number of benzene rings is 1. The van der Waals surface area contributed by atoms with E-state index in [1.807, 2.05) is 36.1 Å². The van der Waals surface area contributed by atoms with Crippen molar-refractivity contribution in [2.75, 3.05) is 32.8 Å². The third kappa shape index (κ3) is 3.21. The Kier molecular flexibility index (Phi) is 4.68. The molecule has 138 valence electrons. The van der Waals surface area contributed by atoms with E-state index in [0.717, 1.165) is 23.8 Å². The summed E-state index contributed by atoms with van der Waals surface area (Å²) in [7, 11) is 0. The third-order valence-corrected chi connectivity index (χ3v) is 5.15. The number of furan rings is 1. The summed E-state index contributed by atoms with van der Waals surface area (Å²) in [5.74, 6) is 0.722. The Labute approximate surface area is 152 Å². The van der Waals surface area contributed by atoms with Gasteiger partial charge in [0.15, 0.2) is 5.76 Å². The molecule has 6 heteroatoms. The maximum atomic E-state index is 13.0. The van der Waals surface area contributed by atoms with Crippen LogP contribution in [-0.2, 0) is 16.1 Å². The van der Waals surface area contributed by atoms with Gasteiger partial charge in [0.05, 0.1) is 6.61 Å². The van der Waals surface area contributed by atoms with Gasteiger partial charge in [0.1, 0.15) is 5.58 Å². The van der Waals surface area contributed by atoms with Crippen LogP contribution in [0.25, 0.3) is 11.0 Å². The van der Waals surface area contributed by atoms with Gasteiger partial charge in [-0.25, -0.2) is 0 Å². The minimum absolute atomic E-state index is 0.116. The standard InChI is InChI=1S/C20H24N2O4/c1-2-25-13-16-15-5-3-4-6-17(15)26-18(16)20(24)22-11-9-21(10-12-22)19(23)14-7-8-14/h3-6,14H,2,7-13H2,1H3. The molecule has 2 aromatic rings. The summed E-state index contributed by atoms with van der Waals surface area (Å²) in [5.41, 5.74) is 1.51. The van der Waals surface area contributed by atoms with Crippen molar-refractivity contribution < 1.29 is 18.7 Å². The topological polar surface area (TPSA) is 63.0 Å². The highest BCUT2D eigenvalue weighted by molar-refractivity contribution is 5.99. The smallest absolute Gasteiger partial charge is 0.290 e. The van der Waals surface area contributed by atoms with Crippen LogP contribution < -0.4 is 0 Å². The fourth-order valence-electron chi connectivity index (χ4n) is 3.48. The zero-order valence-electron chi connectivity index (χ0n) is 15.1. The number of carbonyl (C=O) groups is 2. The molecule has 2 amide bonds. The minimum Gasteiger partial charge on any atom is -0.451 e. The Morgan fingerprint density at radius 1 is 1.12 bits per heavy atom. The average Bonchev–Trinajstić information content (AvgIpc) is 3.47. The Bertz CT molecular complexity index is 816. The number of nitrogens with zero attached hydrogens (tertiary/aromatic N) is 2. The van der Waals surface area contributed by atoms with Crippen molar-refractivity contribution in [3.05, 3.63) is 35.6 Å². The van der Waals surface area contributed by atoms with Crippen molar-refractivity contribution in [3.8, 4) is 0 Å². The number of carbonyl (C=O) groups excluding carboxylic acids is 2. The van der Waals surface area contributed by atoms with E-state index < -0.39 is 0 Å². The lowest BCUT2D eigenvalue weighted by atomic mass is 10.1. The van der Waals surface area contributed by atoms with Crippen molar-refractivity contribution in [1.29, 1.82) is 0 Å². The number of rotatable bonds is 5. The number of para-hydroxylation sites is 1. The summed E-state index contributed by atoms with van der Waals surface area (Å²) in [6.45, 7) is 5.15. The molecule has 6 nitrogen and oxygen atoms in total. The van der Waals surface area contributed by atoms with Crippen LogP contribution in [-0.4, -0.2) is 54.4 Å². The molecule has 2 aliphatic rings. The molecule has 0 atom stereocenters. The fourth-order valence-corrected chi connectivity index (χ4v) is 3.48. The molecule has 0 bridgehead atoms. The van der Waals surface area contributed by atoms with Crippen molar-refractivity contribution >= 4 is 22.8 Å². The Balaban J connectivity index is 1.51. The first kappa shape index (κ1) is 17.1. The van der Waals surface area contributed by atoms with Gasteiger partial charge >= 0.3 is 0 Å². The molecular weight excluding hydrogens is 332 g/mol. The predicted octanol–water partition coefficient (Wildman–Crippen LogP) is 2.66. The molecule has 1 aliphatic carbocycles. The van der Waals surface area contributed by atoms with Crippen LogP contribution in [0.2, 0.25) is 0 Å². The number of fused-ring (bicyclic) bond motifs is 1. The molecule has 2 fully saturated rings. The normalized spacial score (nSPS) is 17.7. The lowest BCUT2D eigenvalue weighted by molar-refractivity contribution is -0.134. The molecule has 2 heterocycles. The summed E-state index contributed by atoms with van der Waals surface area (Å²) in [5, 5.41) is 0.923. The molecule has 0 radical (unpaired) electrons. The Morgan fingerprint density at radius 2 is 1.81 bits per heavy atom. The second-order valence-electron chi connectivity index (χ2n) is 6.93. The van der Waals surface area contributed by atoms with Crippen LogP contribution in [0.15, 0.2) is 28.7 Å². The van der Waals surface area contributed by atoms with E-state index in [4.69, 9.17) is 9.15 Å². The SMILES string of the molecule is CCOCc1c(C(=O)N2CCN(C(=O)C3CC3)CC2)oc2ccccc12. The van der Waals surface area contributed by atoms with E-state index in [1.165, 1.54) is 0 Å². The Hall–Kier alpha value is -2.34.